The zero-order chi connectivity index (χ0) is 12.7. The van der Waals surface area contributed by atoms with Crippen molar-refractivity contribution in [3.8, 4) is 0 Å². The topological polar surface area (TPSA) is 102 Å². The first kappa shape index (κ1) is 13.5. The van der Waals surface area contributed by atoms with Crippen molar-refractivity contribution in [2.75, 3.05) is 13.2 Å². The fraction of sp³-hybridized carbons (Fsp3) is 0.400. The molecule has 94 valence electrons. The summed E-state index contributed by atoms with van der Waals surface area (Å²) < 4.78 is 0. The number of aliphatic hydroxyl groups excluding tert-OH is 2. The molecule has 2 N–H and O–H groups in total. The lowest BCUT2D eigenvalue weighted by molar-refractivity contribution is -0.385. The number of nitrogens with zero attached hydrogens (tertiary/aromatic N) is 1. The third-order valence-corrected chi connectivity index (χ3v) is 1.90. The van der Waals surface area contributed by atoms with E-state index in [0.717, 1.165) is 0 Å². The highest BCUT2D eigenvalue weighted by Gasteiger charge is 2.06. The Morgan fingerprint density at radius 1 is 1.41 bits per heavy atom. The van der Waals surface area contributed by atoms with Gasteiger partial charge in [-0.3, -0.25) is 10.1 Å². The van der Waals surface area contributed by atoms with Gasteiger partial charge in [-0.2, -0.15) is 0 Å². The summed E-state index contributed by atoms with van der Waals surface area (Å²) >= 11 is 0. The Bertz CT molecular complexity index is 370. The molecule has 0 bridgehead atoms. The van der Waals surface area contributed by atoms with Gasteiger partial charge in [-0.1, -0.05) is 12.1 Å². The van der Waals surface area contributed by atoms with Gasteiger partial charge in [0.15, 0.2) is 0 Å². The van der Waals surface area contributed by atoms with Crippen LogP contribution in [0.15, 0.2) is 24.3 Å². The number of benzene rings is 1. The summed E-state index contributed by atoms with van der Waals surface area (Å²) in [5.74, 6) is 0. The van der Waals surface area contributed by atoms with Crippen molar-refractivity contribution in [1.29, 1.82) is 0 Å². The van der Waals surface area contributed by atoms with Gasteiger partial charge >= 0.3 is 0 Å². The van der Waals surface area contributed by atoms with Crippen LogP contribution in [-0.2, 0) is 16.4 Å². The predicted octanol–water partition coefficient (Wildman–Crippen LogP) is 0.396. The first-order chi connectivity index (χ1) is 8.13. The molecule has 0 saturated carbocycles. The number of nitro groups is 1. The summed E-state index contributed by atoms with van der Waals surface area (Å²) in [4.78, 5) is 19.3. The number of rotatable bonds is 7. The highest BCUT2D eigenvalue weighted by Crippen LogP contribution is 2.13. The standard InChI is InChI=1S/C10H13NO6/c12-5-10(13)7-17-16-6-8-2-1-3-9(4-8)11(14)15/h1-4,10,12-13H,5-7H2. The molecule has 17 heavy (non-hydrogen) atoms. The quantitative estimate of drug-likeness (QED) is 0.311. The minimum absolute atomic E-state index is 0.0264. The maximum atomic E-state index is 10.5. The normalized spacial score (nSPS) is 12.4. The average molecular weight is 243 g/mol. The van der Waals surface area contributed by atoms with Gasteiger partial charge in [-0.15, -0.1) is 0 Å². The van der Waals surface area contributed by atoms with Gasteiger partial charge < -0.3 is 10.2 Å². The number of non-ortho nitro benzene ring substituents is 1. The van der Waals surface area contributed by atoms with Gasteiger partial charge in [-0.05, 0) is 5.56 Å². The Morgan fingerprint density at radius 2 is 2.18 bits per heavy atom. The van der Waals surface area contributed by atoms with Crippen LogP contribution in [0.1, 0.15) is 5.56 Å². The van der Waals surface area contributed by atoms with Gasteiger partial charge in [-0.25, -0.2) is 9.78 Å². The maximum absolute atomic E-state index is 10.5. The molecule has 0 aliphatic heterocycles. The molecule has 0 saturated heterocycles. The Kier molecular flexibility index (Phi) is 5.50. The van der Waals surface area contributed by atoms with E-state index in [9.17, 15) is 10.1 Å². The molecule has 7 nitrogen and oxygen atoms in total. The fourth-order valence-electron chi connectivity index (χ4n) is 1.05. The van der Waals surface area contributed by atoms with Crippen molar-refractivity contribution in [2.45, 2.75) is 12.7 Å². The smallest absolute Gasteiger partial charge is 0.269 e. The molecule has 0 aromatic heterocycles. The number of hydrogen-bond donors (Lipinski definition) is 2. The van der Waals surface area contributed by atoms with Crippen LogP contribution >= 0.6 is 0 Å². The molecule has 1 atom stereocenters. The summed E-state index contributed by atoms with van der Waals surface area (Å²) in [5.41, 5.74) is 0.555. The third-order valence-electron chi connectivity index (χ3n) is 1.90. The summed E-state index contributed by atoms with van der Waals surface area (Å²) in [7, 11) is 0. The zero-order valence-electron chi connectivity index (χ0n) is 8.98. The molecule has 1 rings (SSSR count). The molecule has 0 aliphatic rings. The lowest BCUT2D eigenvalue weighted by atomic mass is 10.2. The second kappa shape index (κ2) is 6.92. The van der Waals surface area contributed by atoms with Crippen LogP contribution in [0.25, 0.3) is 0 Å². The molecule has 7 heteroatoms. The predicted molar refractivity (Wildman–Crippen MR) is 56.9 cm³/mol. The van der Waals surface area contributed by atoms with Gasteiger partial charge in [0.05, 0.1) is 11.5 Å². The monoisotopic (exact) mass is 243 g/mol. The van der Waals surface area contributed by atoms with Gasteiger partial charge in [0.1, 0.15) is 19.3 Å². The Balaban J connectivity index is 2.36. The van der Waals surface area contributed by atoms with Crippen molar-refractivity contribution >= 4 is 5.69 Å². The van der Waals surface area contributed by atoms with Crippen molar-refractivity contribution < 1.29 is 24.9 Å². The zero-order valence-corrected chi connectivity index (χ0v) is 8.98. The highest BCUT2D eigenvalue weighted by atomic mass is 17.2. The first-order valence-corrected chi connectivity index (χ1v) is 4.90. The third kappa shape index (κ3) is 4.87. The van der Waals surface area contributed by atoms with Crippen LogP contribution < -0.4 is 0 Å². The molecular weight excluding hydrogens is 230 g/mol. The Labute approximate surface area is 97.3 Å². The summed E-state index contributed by atoms with van der Waals surface area (Å²) in [6.07, 6.45) is -1.000. The van der Waals surface area contributed by atoms with E-state index < -0.39 is 17.6 Å². The van der Waals surface area contributed by atoms with E-state index in [0.29, 0.717) is 5.56 Å². The molecule has 0 amide bonds. The minimum Gasteiger partial charge on any atom is -0.394 e. The maximum Gasteiger partial charge on any atom is 0.269 e. The first-order valence-electron chi connectivity index (χ1n) is 4.90. The highest BCUT2D eigenvalue weighted by molar-refractivity contribution is 5.33. The van der Waals surface area contributed by atoms with Crippen LogP contribution in [0.5, 0.6) is 0 Å². The van der Waals surface area contributed by atoms with Gasteiger partial charge in [0.2, 0.25) is 0 Å². The lowest BCUT2D eigenvalue weighted by Gasteiger charge is -2.07. The van der Waals surface area contributed by atoms with E-state index in [1.807, 2.05) is 0 Å². The van der Waals surface area contributed by atoms with Crippen molar-refractivity contribution in [2.24, 2.45) is 0 Å². The van der Waals surface area contributed by atoms with Crippen LogP contribution in [0.2, 0.25) is 0 Å². The number of hydrogen-bond acceptors (Lipinski definition) is 6. The molecule has 0 heterocycles. The van der Waals surface area contributed by atoms with Crippen molar-refractivity contribution in [3.05, 3.63) is 39.9 Å². The van der Waals surface area contributed by atoms with Gasteiger partial charge in [0, 0.05) is 12.1 Å². The lowest BCUT2D eigenvalue weighted by Crippen LogP contribution is -2.19. The molecule has 0 spiro atoms. The number of nitro benzene ring substituents is 1. The SMILES string of the molecule is O=[N+]([O-])c1cccc(COOCC(O)CO)c1. The molecule has 0 fully saturated rings. The molecule has 0 aliphatic carbocycles. The molecule has 0 radical (unpaired) electrons. The van der Waals surface area contributed by atoms with E-state index in [4.69, 9.17) is 15.1 Å². The molecule has 1 unspecified atom stereocenters. The van der Waals surface area contributed by atoms with E-state index >= 15 is 0 Å². The fourth-order valence-corrected chi connectivity index (χ4v) is 1.05. The van der Waals surface area contributed by atoms with E-state index in [2.05, 4.69) is 4.89 Å². The van der Waals surface area contributed by atoms with Gasteiger partial charge in [0.25, 0.3) is 5.69 Å². The molecule has 1 aromatic rings. The second-order valence-electron chi connectivity index (χ2n) is 3.31. The number of aliphatic hydroxyl groups is 2. The van der Waals surface area contributed by atoms with Crippen LogP contribution in [-0.4, -0.2) is 34.5 Å². The molecule has 1 aromatic carbocycles. The van der Waals surface area contributed by atoms with Crippen molar-refractivity contribution in [3.63, 3.8) is 0 Å². The summed E-state index contributed by atoms with van der Waals surface area (Å²) in [6.45, 7) is -0.550. The summed E-state index contributed by atoms with van der Waals surface area (Å²) in [6, 6.07) is 5.93. The van der Waals surface area contributed by atoms with Crippen LogP contribution in [0, 0.1) is 10.1 Å². The Hall–Kier alpha value is -1.54. The van der Waals surface area contributed by atoms with E-state index in [1.165, 1.54) is 12.1 Å². The largest absolute Gasteiger partial charge is 0.394 e. The second-order valence-corrected chi connectivity index (χ2v) is 3.31. The van der Waals surface area contributed by atoms with Crippen LogP contribution in [0.3, 0.4) is 0 Å². The average Bonchev–Trinajstić information content (AvgIpc) is 2.34. The van der Waals surface area contributed by atoms with Crippen molar-refractivity contribution in [1.82, 2.24) is 0 Å². The molecular formula is C10H13NO6. The van der Waals surface area contributed by atoms with E-state index in [1.54, 1.807) is 12.1 Å². The van der Waals surface area contributed by atoms with Crippen LogP contribution in [0.4, 0.5) is 5.69 Å². The minimum atomic E-state index is -1.000. The van der Waals surface area contributed by atoms with E-state index in [-0.39, 0.29) is 18.9 Å². The Morgan fingerprint density at radius 3 is 2.82 bits per heavy atom. The summed E-state index contributed by atoms with van der Waals surface area (Å²) in [5, 5.41) is 27.9.